The highest BCUT2D eigenvalue weighted by Gasteiger charge is 2.16. The summed E-state index contributed by atoms with van der Waals surface area (Å²) in [5.41, 5.74) is 6.48. The third kappa shape index (κ3) is 4.16. The molecule has 0 atom stereocenters. The van der Waals surface area contributed by atoms with Gasteiger partial charge in [0.05, 0.1) is 10.0 Å². The second-order valence-electron chi connectivity index (χ2n) is 4.45. The van der Waals surface area contributed by atoms with E-state index in [0.717, 1.165) is 5.56 Å². The van der Waals surface area contributed by atoms with Crippen molar-refractivity contribution in [2.24, 2.45) is 11.7 Å². The Labute approximate surface area is 118 Å². The number of nitrogens with two attached hydrogens (primary N) is 1. The molecule has 1 amide bonds. The largest absolute Gasteiger partial charge is 0.337 e. The molecule has 0 saturated heterocycles. The molecule has 18 heavy (non-hydrogen) atoms. The summed E-state index contributed by atoms with van der Waals surface area (Å²) in [6.45, 7) is 5.24. The number of rotatable bonds is 5. The van der Waals surface area contributed by atoms with Crippen LogP contribution in [-0.4, -0.2) is 23.9 Å². The molecule has 0 fully saturated rings. The van der Waals surface area contributed by atoms with Gasteiger partial charge in [-0.3, -0.25) is 4.79 Å². The van der Waals surface area contributed by atoms with Crippen molar-refractivity contribution in [3.05, 3.63) is 33.8 Å². The van der Waals surface area contributed by atoms with Gasteiger partial charge in [0.25, 0.3) is 0 Å². The van der Waals surface area contributed by atoms with E-state index < -0.39 is 0 Å². The summed E-state index contributed by atoms with van der Waals surface area (Å²) in [5, 5.41) is 1.01. The number of hydrogen-bond donors (Lipinski definition) is 1. The van der Waals surface area contributed by atoms with Crippen molar-refractivity contribution >= 4 is 29.1 Å². The quantitative estimate of drug-likeness (QED) is 0.906. The van der Waals surface area contributed by atoms with E-state index in [1.165, 1.54) is 0 Å². The van der Waals surface area contributed by atoms with Crippen LogP contribution in [0.5, 0.6) is 0 Å². The summed E-state index contributed by atoms with van der Waals surface area (Å²) in [4.78, 5) is 13.7. The average Bonchev–Trinajstić information content (AvgIpc) is 2.32. The van der Waals surface area contributed by atoms with Gasteiger partial charge in [0.15, 0.2) is 0 Å². The Morgan fingerprint density at radius 3 is 2.50 bits per heavy atom. The van der Waals surface area contributed by atoms with E-state index in [1.807, 2.05) is 19.9 Å². The smallest absolute Gasteiger partial charge is 0.225 e. The maximum absolute atomic E-state index is 12.0. The molecule has 0 aliphatic carbocycles. The molecule has 0 unspecified atom stereocenters. The molecule has 0 aliphatic heterocycles. The minimum atomic E-state index is -0.0423. The predicted molar refractivity (Wildman–Crippen MR) is 75.8 cm³/mol. The molecule has 1 rings (SSSR count). The van der Waals surface area contributed by atoms with Gasteiger partial charge in [-0.15, -0.1) is 0 Å². The van der Waals surface area contributed by atoms with Crippen molar-refractivity contribution in [3.63, 3.8) is 0 Å². The molecule has 0 saturated carbocycles. The summed E-state index contributed by atoms with van der Waals surface area (Å²) in [6, 6.07) is 5.38. The molecular formula is C13H18Cl2N2O. The van der Waals surface area contributed by atoms with Crippen LogP contribution in [-0.2, 0) is 11.3 Å². The maximum Gasteiger partial charge on any atom is 0.225 e. The Balaban J connectivity index is 2.82. The zero-order valence-corrected chi connectivity index (χ0v) is 12.1. The molecule has 0 aliphatic rings. The molecular weight excluding hydrogens is 271 g/mol. The third-order valence-corrected chi connectivity index (χ3v) is 3.30. The van der Waals surface area contributed by atoms with Crippen LogP contribution < -0.4 is 5.73 Å². The van der Waals surface area contributed by atoms with Crippen molar-refractivity contribution in [2.75, 3.05) is 13.1 Å². The van der Waals surface area contributed by atoms with Crippen LogP contribution in [0, 0.1) is 5.92 Å². The molecule has 3 nitrogen and oxygen atoms in total. The van der Waals surface area contributed by atoms with Crippen molar-refractivity contribution < 1.29 is 4.79 Å². The number of carbonyl (C=O) groups excluding carboxylic acids is 1. The van der Waals surface area contributed by atoms with E-state index in [-0.39, 0.29) is 11.8 Å². The first-order chi connectivity index (χ1) is 8.45. The monoisotopic (exact) mass is 288 g/mol. The van der Waals surface area contributed by atoms with Crippen LogP contribution in [0.25, 0.3) is 0 Å². The van der Waals surface area contributed by atoms with Gasteiger partial charge >= 0.3 is 0 Å². The lowest BCUT2D eigenvalue weighted by Crippen LogP contribution is -2.37. The lowest BCUT2D eigenvalue weighted by Gasteiger charge is -2.24. The summed E-state index contributed by atoms with van der Waals surface area (Å²) in [6.07, 6.45) is 0. The number of halogens is 2. The first kappa shape index (κ1) is 15.3. The average molecular weight is 289 g/mol. The fraction of sp³-hybridized carbons (Fsp3) is 0.462. The number of amides is 1. The summed E-state index contributed by atoms with van der Waals surface area (Å²) >= 11 is 11.8. The van der Waals surface area contributed by atoms with Gasteiger partial charge in [-0.05, 0) is 17.7 Å². The normalized spacial score (nSPS) is 10.8. The van der Waals surface area contributed by atoms with Crippen LogP contribution >= 0.6 is 23.2 Å². The maximum atomic E-state index is 12.0. The topological polar surface area (TPSA) is 46.3 Å². The highest BCUT2D eigenvalue weighted by Crippen LogP contribution is 2.23. The molecule has 1 aromatic carbocycles. The van der Waals surface area contributed by atoms with Crippen molar-refractivity contribution in [1.29, 1.82) is 0 Å². The second kappa shape index (κ2) is 6.98. The Morgan fingerprint density at radius 1 is 1.33 bits per heavy atom. The van der Waals surface area contributed by atoms with Gasteiger partial charge in [-0.1, -0.05) is 43.1 Å². The van der Waals surface area contributed by atoms with Gasteiger partial charge in [-0.25, -0.2) is 0 Å². The Hall–Kier alpha value is -0.770. The van der Waals surface area contributed by atoms with Crippen LogP contribution in [0.1, 0.15) is 19.4 Å². The molecule has 100 valence electrons. The Morgan fingerprint density at radius 2 is 2.00 bits per heavy atom. The highest BCUT2D eigenvalue weighted by molar-refractivity contribution is 6.42. The fourth-order valence-corrected chi connectivity index (χ4v) is 1.97. The zero-order valence-electron chi connectivity index (χ0n) is 10.6. The fourth-order valence-electron chi connectivity index (χ4n) is 1.65. The minimum Gasteiger partial charge on any atom is -0.337 e. The number of hydrogen-bond acceptors (Lipinski definition) is 2. The second-order valence-corrected chi connectivity index (χ2v) is 5.27. The lowest BCUT2D eigenvalue weighted by molar-refractivity contribution is -0.134. The van der Waals surface area contributed by atoms with Gasteiger partial charge in [0.2, 0.25) is 5.91 Å². The van der Waals surface area contributed by atoms with E-state index in [9.17, 15) is 4.79 Å². The molecule has 0 bridgehead atoms. The van der Waals surface area contributed by atoms with Gasteiger partial charge in [0.1, 0.15) is 0 Å². The van der Waals surface area contributed by atoms with Crippen molar-refractivity contribution in [3.8, 4) is 0 Å². The van der Waals surface area contributed by atoms with Crippen molar-refractivity contribution in [1.82, 2.24) is 4.90 Å². The molecule has 2 N–H and O–H groups in total. The van der Waals surface area contributed by atoms with Gasteiger partial charge in [0, 0.05) is 25.6 Å². The van der Waals surface area contributed by atoms with E-state index >= 15 is 0 Å². The predicted octanol–water partition coefficient (Wildman–Crippen LogP) is 2.94. The first-order valence-electron chi connectivity index (χ1n) is 5.88. The lowest BCUT2D eigenvalue weighted by atomic mass is 10.1. The standard InChI is InChI=1S/C13H18Cl2N2O/c1-9(2)13(18)17(6-5-16)8-10-3-4-11(14)12(15)7-10/h3-4,7,9H,5-6,8,16H2,1-2H3. The number of benzene rings is 1. The molecule has 0 spiro atoms. The number of nitrogens with zero attached hydrogens (tertiary/aromatic N) is 1. The molecule has 1 aromatic rings. The number of carbonyl (C=O) groups is 1. The van der Waals surface area contributed by atoms with Crippen LogP contribution in [0.3, 0.4) is 0 Å². The van der Waals surface area contributed by atoms with Crippen LogP contribution in [0.4, 0.5) is 0 Å². The molecule has 0 heterocycles. The van der Waals surface area contributed by atoms with Crippen LogP contribution in [0.2, 0.25) is 10.0 Å². The highest BCUT2D eigenvalue weighted by atomic mass is 35.5. The van der Waals surface area contributed by atoms with Crippen LogP contribution in [0.15, 0.2) is 18.2 Å². The molecule has 0 aromatic heterocycles. The van der Waals surface area contributed by atoms with Gasteiger partial charge in [-0.2, -0.15) is 0 Å². The summed E-state index contributed by atoms with van der Waals surface area (Å²) in [7, 11) is 0. The van der Waals surface area contributed by atoms with E-state index in [1.54, 1.807) is 17.0 Å². The zero-order chi connectivity index (χ0) is 13.7. The van der Waals surface area contributed by atoms with E-state index in [2.05, 4.69) is 0 Å². The molecule has 5 heteroatoms. The third-order valence-electron chi connectivity index (χ3n) is 2.56. The van der Waals surface area contributed by atoms with Crippen molar-refractivity contribution in [2.45, 2.75) is 20.4 Å². The van der Waals surface area contributed by atoms with E-state index in [4.69, 9.17) is 28.9 Å². The van der Waals surface area contributed by atoms with E-state index in [0.29, 0.717) is 29.7 Å². The minimum absolute atomic E-state index is 0.0423. The SMILES string of the molecule is CC(C)C(=O)N(CCN)Cc1ccc(Cl)c(Cl)c1. The Bertz CT molecular complexity index is 421. The molecule has 0 radical (unpaired) electrons. The van der Waals surface area contributed by atoms with Gasteiger partial charge < -0.3 is 10.6 Å². The summed E-state index contributed by atoms with van der Waals surface area (Å²) in [5.74, 6) is 0.0471. The summed E-state index contributed by atoms with van der Waals surface area (Å²) < 4.78 is 0. The first-order valence-corrected chi connectivity index (χ1v) is 6.64. The Kier molecular flexibility index (Phi) is 5.93.